The fourth-order valence-corrected chi connectivity index (χ4v) is 1.35. The highest BCUT2D eigenvalue weighted by molar-refractivity contribution is 7.80. The Hall–Kier alpha value is -0.490. The average molecular weight is 362 g/mol. The van der Waals surface area contributed by atoms with Crippen LogP contribution in [0.25, 0.3) is 0 Å². The summed E-state index contributed by atoms with van der Waals surface area (Å²) in [6.45, 7) is 0. The van der Waals surface area contributed by atoms with Gasteiger partial charge >= 0.3 is 36.0 Å². The smallest absolute Gasteiger partial charge is 0.203 e. The molecule has 21 heavy (non-hydrogen) atoms. The van der Waals surface area contributed by atoms with Gasteiger partial charge in [-0.05, 0) is 5.75 Å². The van der Waals surface area contributed by atoms with Crippen LogP contribution in [0, 0.1) is 0 Å². The molecule has 0 nitrogen and oxygen atoms in total. The molecule has 0 N–H and O–H groups in total. The summed E-state index contributed by atoms with van der Waals surface area (Å²) < 4.78 is 150. The molecule has 0 aliphatic heterocycles. The van der Waals surface area contributed by atoms with Gasteiger partial charge in [-0.1, -0.05) is 0 Å². The molecule has 0 saturated carbocycles. The van der Waals surface area contributed by atoms with Crippen LogP contribution in [0.4, 0.5) is 52.7 Å². The Kier molecular flexibility index (Phi) is 5.48. The van der Waals surface area contributed by atoms with Crippen LogP contribution < -0.4 is 0 Å². The number of hydrogen-bond donors (Lipinski definition) is 1. The quantitative estimate of drug-likeness (QED) is 0.491. The van der Waals surface area contributed by atoms with Gasteiger partial charge in [-0.2, -0.15) is 56.5 Å². The fraction of sp³-hybridized carbons (Fsp3) is 1.00. The summed E-state index contributed by atoms with van der Waals surface area (Å²) in [6.07, 6.45) is -7.65. The van der Waals surface area contributed by atoms with Crippen LogP contribution >= 0.6 is 12.6 Å². The molecule has 0 heterocycles. The average Bonchev–Trinajstić information content (AvgIpc) is 2.27. The van der Waals surface area contributed by atoms with Crippen molar-refractivity contribution in [3.8, 4) is 0 Å². The van der Waals surface area contributed by atoms with Crippen LogP contribution in [0.2, 0.25) is 0 Å². The van der Waals surface area contributed by atoms with Gasteiger partial charge in [0.15, 0.2) is 0 Å². The van der Waals surface area contributed by atoms with Crippen LogP contribution in [0.1, 0.15) is 6.42 Å². The first-order valence-electron chi connectivity index (χ1n) is 4.78. The standard InChI is InChI=1S/C8H6F12S/c9-3(10)5(13,14)7(17,18)8(19,20)6(15,16)4(11,12)1-2-21/h3,21H,1-2H2. The third-order valence-electron chi connectivity index (χ3n) is 2.37. The van der Waals surface area contributed by atoms with Gasteiger partial charge in [0.2, 0.25) is 0 Å². The van der Waals surface area contributed by atoms with Crippen LogP contribution in [0.5, 0.6) is 0 Å². The maximum absolute atomic E-state index is 12.9. The van der Waals surface area contributed by atoms with Crippen molar-refractivity contribution in [2.75, 3.05) is 5.75 Å². The molecule has 0 aliphatic carbocycles. The molecule has 0 aromatic heterocycles. The molecule has 0 unspecified atom stereocenters. The fourth-order valence-electron chi connectivity index (χ4n) is 1.07. The van der Waals surface area contributed by atoms with Gasteiger partial charge in [-0.15, -0.1) is 0 Å². The van der Waals surface area contributed by atoms with E-state index < -0.39 is 48.2 Å². The summed E-state index contributed by atoms with van der Waals surface area (Å²) in [5, 5.41) is 0. The zero-order chi connectivity index (χ0) is 17.5. The van der Waals surface area contributed by atoms with Gasteiger partial charge < -0.3 is 0 Å². The van der Waals surface area contributed by atoms with Gasteiger partial charge in [0.05, 0.1) is 0 Å². The zero-order valence-corrected chi connectivity index (χ0v) is 10.4. The first-order chi connectivity index (χ1) is 9.00. The third kappa shape index (κ3) is 2.89. The predicted molar refractivity (Wildman–Crippen MR) is 49.2 cm³/mol. The minimum atomic E-state index is -7.44. The molecule has 0 aromatic carbocycles. The van der Waals surface area contributed by atoms with Crippen LogP contribution in [0.15, 0.2) is 0 Å². The summed E-state index contributed by atoms with van der Waals surface area (Å²) in [6, 6.07) is 0. The van der Waals surface area contributed by atoms with Crippen molar-refractivity contribution in [3.05, 3.63) is 0 Å². The van der Waals surface area contributed by atoms with E-state index in [-0.39, 0.29) is 0 Å². The first kappa shape index (κ1) is 20.5. The normalized spacial score (nSPS) is 15.7. The Labute approximate surface area is 114 Å². The lowest BCUT2D eigenvalue weighted by atomic mass is 9.93. The molecule has 128 valence electrons. The van der Waals surface area contributed by atoms with Crippen LogP contribution in [-0.4, -0.2) is 41.8 Å². The van der Waals surface area contributed by atoms with Crippen molar-refractivity contribution < 1.29 is 52.7 Å². The van der Waals surface area contributed by atoms with Gasteiger partial charge in [0.1, 0.15) is 0 Å². The minimum Gasteiger partial charge on any atom is -0.203 e. The molecular formula is C8H6F12S. The van der Waals surface area contributed by atoms with Crippen molar-refractivity contribution in [2.45, 2.75) is 42.5 Å². The third-order valence-corrected chi connectivity index (χ3v) is 2.59. The van der Waals surface area contributed by atoms with Crippen LogP contribution in [0.3, 0.4) is 0 Å². The van der Waals surface area contributed by atoms with Gasteiger partial charge in [0, 0.05) is 6.42 Å². The molecule has 0 spiro atoms. The van der Waals surface area contributed by atoms with Crippen molar-refractivity contribution >= 4 is 12.6 Å². The number of halogens is 12. The molecule has 0 amide bonds. The lowest BCUT2D eigenvalue weighted by Gasteiger charge is -2.39. The lowest BCUT2D eigenvalue weighted by molar-refractivity contribution is -0.412. The minimum absolute atomic E-state index is 1.19. The molecule has 0 rings (SSSR count). The highest BCUT2D eigenvalue weighted by atomic mass is 32.1. The maximum atomic E-state index is 12.9. The number of rotatable bonds is 7. The van der Waals surface area contributed by atoms with E-state index in [2.05, 4.69) is 12.6 Å². The van der Waals surface area contributed by atoms with E-state index in [0.717, 1.165) is 0 Å². The maximum Gasteiger partial charge on any atom is 0.384 e. The van der Waals surface area contributed by atoms with Crippen LogP contribution in [-0.2, 0) is 0 Å². The molecular weight excluding hydrogens is 356 g/mol. The van der Waals surface area contributed by atoms with E-state index >= 15 is 0 Å². The molecule has 0 radical (unpaired) electrons. The molecule has 0 aliphatic rings. The first-order valence-corrected chi connectivity index (χ1v) is 5.42. The van der Waals surface area contributed by atoms with E-state index in [1.54, 1.807) is 0 Å². The Morgan fingerprint density at radius 3 is 1.33 bits per heavy atom. The largest absolute Gasteiger partial charge is 0.384 e. The second-order valence-electron chi connectivity index (χ2n) is 3.82. The number of thiol groups is 1. The van der Waals surface area contributed by atoms with E-state index in [4.69, 9.17) is 0 Å². The summed E-state index contributed by atoms with van der Waals surface area (Å²) in [7, 11) is 0. The number of alkyl halides is 12. The second-order valence-corrected chi connectivity index (χ2v) is 4.27. The SMILES string of the molecule is FC(F)C(F)(F)C(F)(F)C(F)(F)C(F)(F)C(F)(F)CCS. The van der Waals surface area contributed by atoms with Gasteiger partial charge in [-0.3, -0.25) is 0 Å². The molecule has 0 aromatic rings. The van der Waals surface area contributed by atoms with Crippen molar-refractivity contribution in [2.24, 2.45) is 0 Å². The van der Waals surface area contributed by atoms with E-state index in [1.165, 1.54) is 0 Å². The molecule has 0 bridgehead atoms. The summed E-state index contributed by atoms with van der Waals surface area (Å²) in [4.78, 5) is 0. The molecule has 0 atom stereocenters. The highest BCUT2D eigenvalue weighted by Gasteiger charge is 2.87. The van der Waals surface area contributed by atoms with Gasteiger partial charge in [-0.25, -0.2) is 8.78 Å². The van der Waals surface area contributed by atoms with E-state index in [1.807, 2.05) is 0 Å². The lowest BCUT2D eigenvalue weighted by Crippen LogP contribution is -2.68. The Morgan fingerprint density at radius 1 is 0.667 bits per heavy atom. The van der Waals surface area contributed by atoms with Gasteiger partial charge in [0.25, 0.3) is 0 Å². The van der Waals surface area contributed by atoms with Crippen molar-refractivity contribution in [1.82, 2.24) is 0 Å². The molecule has 0 saturated heterocycles. The Balaban J connectivity index is 5.96. The van der Waals surface area contributed by atoms with E-state index in [9.17, 15) is 52.7 Å². The predicted octanol–water partition coefficient (Wildman–Crippen LogP) is 4.75. The monoisotopic (exact) mass is 362 g/mol. The number of hydrogen-bond acceptors (Lipinski definition) is 1. The summed E-state index contributed by atoms with van der Waals surface area (Å²) in [5.74, 6) is -35.9. The molecule has 0 fully saturated rings. The van der Waals surface area contributed by atoms with E-state index in [0.29, 0.717) is 0 Å². The highest BCUT2D eigenvalue weighted by Crippen LogP contribution is 2.58. The topological polar surface area (TPSA) is 0 Å². The Morgan fingerprint density at radius 2 is 1.05 bits per heavy atom. The second kappa shape index (κ2) is 5.61. The molecule has 13 heteroatoms. The summed E-state index contributed by atoms with van der Waals surface area (Å²) in [5.41, 5.74) is 0. The zero-order valence-electron chi connectivity index (χ0n) is 9.47. The van der Waals surface area contributed by atoms with Crippen molar-refractivity contribution in [3.63, 3.8) is 0 Å². The van der Waals surface area contributed by atoms with Crippen molar-refractivity contribution in [1.29, 1.82) is 0 Å². The Bertz CT molecular complexity index is 362. The summed E-state index contributed by atoms with van der Waals surface area (Å²) >= 11 is 2.99.